The molecule has 0 bridgehead atoms. The van der Waals surface area contributed by atoms with Gasteiger partial charge in [-0.3, -0.25) is 0 Å². The van der Waals surface area contributed by atoms with Crippen LogP contribution in [0.25, 0.3) is 0 Å². The fourth-order valence-corrected chi connectivity index (χ4v) is 9.53. The van der Waals surface area contributed by atoms with Gasteiger partial charge in [0.25, 0.3) is 0 Å². The molecule has 0 radical (unpaired) electrons. The highest BCUT2D eigenvalue weighted by Gasteiger charge is 2.61. The molecular formula is C27H44O8. The Bertz CT molecular complexity index is 804. The van der Waals surface area contributed by atoms with Crippen LogP contribution in [-0.2, 0) is 14.3 Å². The van der Waals surface area contributed by atoms with E-state index in [0.717, 1.165) is 32.1 Å². The number of aliphatic carboxylic acids is 1. The topological polar surface area (TPSA) is 137 Å². The highest BCUT2D eigenvalue weighted by atomic mass is 16.7. The first kappa shape index (κ1) is 25.9. The summed E-state index contributed by atoms with van der Waals surface area (Å²) in [5, 5.41) is 50.2. The minimum Gasteiger partial charge on any atom is -0.479 e. The smallest absolute Gasteiger partial charge is 0.335 e. The summed E-state index contributed by atoms with van der Waals surface area (Å²) in [6, 6.07) is 0. The van der Waals surface area contributed by atoms with Crippen LogP contribution < -0.4 is 0 Å². The summed E-state index contributed by atoms with van der Waals surface area (Å²) in [6.07, 6.45) is 1.63. The zero-order valence-corrected chi connectivity index (χ0v) is 21.3. The average molecular weight is 497 g/mol. The van der Waals surface area contributed by atoms with Crippen molar-refractivity contribution in [1.29, 1.82) is 0 Å². The van der Waals surface area contributed by atoms with E-state index in [0.29, 0.717) is 29.6 Å². The Balaban J connectivity index is 1.26. The maximum atomic E-state index is 11.4. The number of carboxylic acids is 1. The van der Waals surface area contributed by atoms with Crippen LogP contribution in [0.2, 0.25) is 0 Å². The van der Waals surface area contributed by atoms with Crippen molar-refractivity contribution in [2.24, 2.45) is 40.4 Å². The molecule has 5 rings (SSSR count). The number of carbonyl (C=O) groups is 1. The van der Waals surface area contributed by atoms with Gasteiger partial charge in [-0.15, -0.1) is 0 Å². The summed E-state index contributed by atoms with van der Waals surface area (Å²) >= 11 is 0. The Kier molecular flexibility index (Phi) is 6.80. The summed E-state index contributed by atoms with van der Waals surface area (Å²) in [4.78, 5) is 11.4. The molecule has 8 nitrogen and oxygen atoms in total. The summed E-state index contributed by atoms with van der Waals surface area (Å²) in [5.74, 6) is 1.60. The quantitative estimate of drug-likeness (QED) is 0.374. The Morgan fingerprint density at radius 2 is 1.60 bits per heavy atom. The third-order valence-electron chi connectivity index (χ3n) is 11.4. The van der Waals surface area contributed by atoms with Gasteiger partial charge in [0.15, 0.2) is 12.4 Å². The highest BCUT2D eigenvalue weighted by Crippen LogP contribution is 2.67. The molecule has 1 unspecified atom stereocenters. The Morgan fingerprint density at radius 3 is 2.29 bits per heavy atom. The van der Waals surface area contributed by atoms with Gasteiger partial charge in [-0.25, -0.2) is 4.79 Å². The van der Waals surface area contributed by atoms with Crippen LogP contribution in [-0.4, -0.2) is 74.4 Å². The molecule has 0 aromatic rings. The van der Waals surface area contributed by atoms with Gasteiger partial charge in [0.05, 0.1) is 12.2 Å². The predicted octanol–water partition coefficient (Wildman–Crippen LogP) is 2.30. The van der Waals surface area contributed by atoms with Crippen LogP contribution in [0.3, 0.4) is 0 Å². The van der Waals surface area contributed by atoms with Crippen molar-refractivity contribution in [3.8, 4) is 0 Å². The molecule has 0 amide bonds. The lowest BCUT2D eigenvalue weighted by molar-refractivity contribution is -0.309. The third kappa shape index (κ3) is 4.07. The van der Waals surface area contributed by atoms with Crippen LogP contribution in [0.5, 0.6) is 0 Å². The van der Waals surface area contributed by atoms with Crippen molar-refractivity contribution in [3.63, 3.8) is 0 Å². The van der Waals surface area contributed by atoms with Gasteiger partial charge in [-0.1, -0.05) is 13.8 Å². The lowest BCUT2D eigenvalue weighted by Gasteiger charge is -2.61. The molecule has 5 aliphatic rings. The number of hydrogen-bond donors (Lipinski definition) is 5. The molecule has 200 valence electrons. The summed E-state index contributed by atoms with van der Waals surface area (Å²) < 4.78 is 11.4. The first-order valence-electron chi connectivity index (χ1n) is 13.7. The zero-order valence-electron chi connectivity index (χ0n) is 21.3. The minimum absolute atomic E-state index is 0.180. The molecule has 5 fully saturated rings. The maximum absolute atomic E-state index is 11.4. The molecule has 35 heavy (non-hydrogen) atoms. The molecule has 5 N–H and O–H groups in total. The van der Waals surface area contributed by atoms with Crippen LogP contribution >= 0.6 is 0 Å². The van der Waals surface area contributed by atoms with Gasteiger partial charge in [0, 0.05) is 0 Å². The first-order chi connectivity index (χ1) is 16.5. The number of ether oxygens (including phenoxy) is 2. The minimum atomic E-state index is -1.70. The zero-order chi connectivity index (χ0) is 25.3. The summed E-state index contributed by atoms with van der Waals surface area (Å²) in [5.41, 5.74) is 0.484. The molecule has 1 saturated heterocycles. The van der Waals surface area contributed by atoms with Gasteiger partial charge < -0.3 is 35.0 Å². The van der Waals surface area contributed by atoms with E-state index in [1.165, 1.54) is 25.7 Å². The van der Waals surface area contributed by atoms with Crippen molar-refractivity contribution < 1.29 is 39.8 Å². The standard InChI is InChI=1S/C27H44O8/c1-13(28)17-6-7-18-16-5-4-14-12-15(8-10-26(14,2)19(16)9-11-27(17,18)3)34-25-22(31)20(29)21(30)23(35-25)24(32)33/h13-23,25,28-31H,4-12H2,1-3H3,(H,32,33)/t13-,14+,15+,16-,17+,18-,19-,20-,21-,22+,23-,25?,26-,27+/m0/s1. The van der Waals surface area contributed by atoms with Gasteiger partial charge in [0.1, 0.15) is 18.3 Å². The second-order valence-corrected chi connectivity index (χ2v) is 12.9. The number of rotatable bonds is 4. The second kappa shape index (κ2) is 9.21. The lowest BCUT2D eigenvalue weighted by Crippen LogP contribution is -2.61. The van der Waals surface area contributed by atoms with Crippen molar-refractivity contribution in [2.75, 3.05) is 0 Å². The molecule has 0 aromatic heterocycles. The van der Waals surface area contributed by atoms with Crippen molar-refractivity contribution >= 4 is 5.97 Å². The van der Waals surface area contributed by atoms with E-state index in [1.807, 2.05) is 6.92 Å². The molecule has 4 saturated carbocycles. The molecule has 4 aliphatic carbocycles. The molecule has 1 aliphatic heterocycles. The van der Waals surface area contributed by atoms with Crippen LogP contribution in [0.15, 0.2) is 0 Å². The lowest BCUT2D eigenvalue weighted by atomic mass is 9.44. The van der Waals surface area contributed by atoms with Gasteiger partial charge in [0.2, 0.25) is 0 Å². The second-order valence-electron chi connectivity index (χ2n) is 12.9. The fourth-order valence-electron chi connectivity index (χ4n) is 9.53. The SMILES string of the molecule is C[C@H](O)[C@H]1CC[C@H]2[C@@H]3CC[C@@H]4C[C@H](OC5O[C@H](C(=O)O)[C@@H](O)[C@H](O)[C@H]5O)CC[C@]4(C)[C@H]3CC[C@]12C. The van der Waals surface area contributed by atoms with E-state index in [1.54, 1.807) is 0 Å². The highest BCUT2D eigenvalue weighted by molar-refractivity contribution is 5.73. The summed E-state index contributed by atoms with van der Waals surface area (Å²) in [6.45, 7) is 6.86. The van der Waals surface area contributed by atoms with Gasteiger partial charge in [-0.2, -0.15) is 0 Å². The molecule has 1 heterocycles. The van der Waals surface area contributed by atoms with E-state index >= 15 is 0 Å². The maximum Gasteiger partial charge on any atom is 0.335 e. The third-order valence-corrected chi connectivity index (χ3v) is 11.4. The van der Waals surface area contributed by atoms with Crippen molar-refractivity contribution in [2.45, 2.75) is 121 Å². The fraction of sp³-hybridized carbons (Fsp3) is 0.963. The molecular weight excluding hydrogens is 452 g/mol. The Hall–Kier alpha value is -0.770. The summed E-state index contributed by atoms with van der Waals surface area (Å²) in [7, 11) is 0. The van der Waals surface area contributed by atoms with Gasteiger partial charge in [-0.05, 0) is 105 Å². The number of aliphatic hydroxyl groups is 4. The van der Waals surface area contributed by atoms with E-state index in [2.05, 4.69) is 13.8 Å². The van der Waals surface area contributed by atoms with E-state index in [9.17, 15) is 30.3 Å². The van der Waals surface area contributed by atoms with E-state index in [4.69, 9.17) is 9.47 Å². The number of carboxylic acid groups (broad SMARTS) is 1. The van der Waals surface area contributed by atoms with Crippen LogP contribution in [0.1, 0.15) is 78.6 Å². The number of hydrogen-bond acceptors (Lipinski definition) is 7. The predicted molar refractivity (Wildman–Crippen MR) is 126 cm³/mol. The normalized spacial score (nSPS) is 54.9. The Morgan fingerprint density at radius 1 is 0.914 bits per heavy atom. The molecule has 0 spiro atoms. The van der Waals surface area contributed by atoms with Crippen LogP contribution in [0, 0.1) is 40.4 Å². The van der Waals surface area contributed by atoms with E-state index in [-0.39, 0.29) is 23.0 Å². The van der Waals surface area contributed by atoms with E-state index < -0.39 is 36.7 Å². The molecule has 8 heteroatoms. The molecule has 14 atom stereocenters. The largest absolute Gasteiger partial charge is 0.479 e. The van der Waals surface area contributed by atoms with Crippen LogP contribution in [0.4, 0.5) is 0 Å². The number of fused-ring (bicyclic) bond motifs is 5. The first-order valence-corrected chi connectivity index (χ1v) is 13.7. The monoisotopic (exact) mass is 496 g/mol. The molecule has 0 aromatic carbocycles. The Labute approximate surface area is 208 Å². The number of aliphatic hydroxyl groups excluding tert-OH is 4. The van der Waals surface area contributed by atoms with Crippen molar-refractivity contribution in [1.82, 2.24) is 0 Å². The average Bonchev–Trinajstić information content (AvgIpc) is 3.17. The van der Waals surface area contributed by atoms with Crippen molar-refractivity contribution in [3.05, 3.63) is 0 Å². The van der Waals surface area contributed by atoms with Gasteiger partial charge >= 0.3 is 5.97 Å².